The molecule has 0 saturated heterocycles. The summed E-state index contributed by atoms with van der Waals surface area (Å²) in [7, 11) is 3.25. The van der Waals surface area contributed by atoms with Crippen LogP contribution < -0.4 is 24.8 Å². The van der Waals surface area contributed by atoms with Crippen molar-refractivity contribution in [3.05, 3.63) is 48.5 Å². The lowest BCUT2D eigenvalue weighted by molar-refractivity contribution is -0.120. The molecular formula is C19H24N2O4. The zero-order valence-corrected chi connectivity index (χ0v) is 14.6. The van der Waals surface area contributed by atoms with Gasteiger partial charge in [-0.1, -0.05) is 0 Å². The van der Waals surface area contributed by atoms with Gasteiger partial charge in [0.1, 0.15) is 23.9 Å². The summed E-state index contributed by atoms with van der Waals surface area (Å²) in [6.07, 6.45) is 0.397. The number of hydrogen-bond acceptors (Lipinski definition) is 5. The normalized spacial score (nSPS) is 10.0. The van der Waals surface area contributed by atoms with Crippen LogP contribution in [0.1, 0.15) is 6.42 Å². The van der Waals surface area contributed by atoms with Crippen LogP contribution in [0, 0.1) is 0 Å². The minimum absolute atomic E-state index is 0.0145. The second-order valence-electron chi connectivity index (χ2n) is 5.28. The van der Waals surface area contributed by atoms with Crippen LogP contribution in [0.5, 0.6) is 17.2 Å². The number of benzene rings is 2. The maximum Gasteiger partial charge on any atom is 0.221 e. The molecule has 6 heteroatoms. The summed E-state index contributed by atoms with van der Waals surface area (Å²) in [6, 6.07) is 14.9. The molecule has 0 unspecified atom stereocenters. The maximum absolute atomic E-state index is 11.8. The summed E-state index contributed by atoms with van der Waals surface area (Å²) in [5.74, 6) is 2.32. The Morgan fingerprint density at radius 2 is 1.40 bits per heavy atom. The molecule has 0 heterocycles. The van der Waals surface area contributed by atoms with Gasteiger partial charge in [0, 0.05) is 18.7 Å². The predicted octanol–water partition coefficient (Wildman–Crippen LogP) is 2.70. The fraction of sp³-hybridized carbons (Fsp3) is 0.316. The molecule has 0 saturated carbocycles. The van der Waals surface area contributed by atoms with E-state index < -0.39 is 0 Å². The van der Waals surface area contributed by atoms with E-state index in [-0.39, 0.29) is 5.91 Å². The molecule has 0 spiro atoms. The Hall–Kier alpha value is -2.89. The van der Waals surface area contributed by atoms with Crippen molar-refractivity contribution in [2.45, 2.75) is 6.42 Å². The second-order valence-corrected chi connectivity index (χ2v) is 5.28. The number of rotatable bonds is 10. The molecule has 0 aliphatic heterocycles. The van der Waals surface area contributed by atoms with Gasteiger partial charge in [0.2, 0.25) is 5.91 Å². The largest absolute Gasteiger partial charge is 0.497 e. The van der Waals surface area contributed by atoms with Crippen molar-refractivity contribution < 1.29 is 19.0 Å². The van der Waals surface area contributed by atoms with Crippen molar-refractivity contribution in [1.29, 1.82) is 0 Å². The van der Waals surface area contributed by atoms with Crippen molar-refractivity contribution in [3.8, 4) is 17.2 Å². The molecular weight excluding hydrogens is 320 g/mol. The summed E-state index contributed by atoms with van der Waals surface area (Å²) in [4.78, 5) is 11.8. The van der Waals surface area contributed by atoms with Crippen LogP contribution in [0.25, 0.3) is 0 Å². The molecule has 0 aliphatic carbocycles. The van der Waals surface area contributed by atoms with E-state index in [4.69, 9.17) is 14.2 Å². The third-order valence-electron chi connectivity index (χ3n) is 3.52. The standard InChI is InChI=1S/C19H24N2O4/c1-23-16-5-3-15(4-6-16)20-12-11-19(22)21-13-14-25-18-9-7-17(24-2)8-10-18/h3-10,20H,11-14H2,1-2H3,(H,21,22). The van der Waals surface area contributed by atoms with Crippen LogP contribution >= 0.6 is 0 Å². The fourth-order valence-corrected chi connectivity index (χ4v) is 2.15. The number of anilines is 1. The van der Waals surface area contributed by atoms with E-state index in [1.807, 2.05) is 48.5 Å². The van der Waals surface area contributed by atoms with Crippen molar-refractivity contribution in [1.82, 2.24) is 5.32 Å². The molecule has 6 nitrogen and oxygen atoms in total. The molecule has 2 aromatic carbocycles. The van der Waals surface area contributed by atoms with Gasteiger partial charge in [-0.2, -0.15) is 0 Å². The highest BCUT2D eigenvalue weighted by atomic mass is 16.5. The van der Waals surface area contributed by atoms with E-state index in [9.17, 15) is 4.79 Å². The third kappa shape index (κ3) is 6.63. The molecule has 0 aliphatic rings. The van der Waals surface area contributed by atoms with E-state index in [2.05, 4.69) is 10.6 Å². The minimum atomic E-state index is -0.0145. The Labute approximate surface area is 148 Å². The number of ether oxygens (including phenoxy) is 3. The van der Waals surface area contributed by atoms with Crippen LogP contribution in [0.15, 0.2) is 48.5 Å². The van der Waals surface area contributed by atoms with E-state index in [1.165, 1.54) is 0 Å². The Morgan fingerprint density at radius 3 is 2.00 bits per heavy atom. The molecule has 0 aromatic heterocycles. The monoisotopic (exact) mass is 344 g/mol. The smallest absolute Gasteiger partial charge is 0.221 e. The maximum atomic E-state index is 11.8. The molecule has 2 N–H and O–H groups in total. The lowest BCUT2D eigenvalue weighted by atomic mass is 10.3. The summed E-state index contributed by atoms with van der Waals surface area (Å²) >= 11 is 0. The average molecular weight is 344 g/mol. The van der Waals surface area contributed by atoms with Gasteiger partial charge in [0.15, 0.2) is 0 Å². The Bertz CT molecular complexity index is 641. The van der Waals surface area contributed by atoms with Gasteiger partial charge in [-0.15, -0.1) is 0 Å². The number of carbonyl (C=O) groups is 1. The van der Waals surface area contributed by atoms with Crippen LogP contribution in [-0.4, -0.2) is 39.8 Å². The molecule has 2 rings (SSSR count). The van der Waals surface area contributed by atoms with Crippen molar-refractivity contribution in [3.63, 3.8) is 0 Å². The number of hydrogen-bond donors (Lipinski definition) is 2. The van der Waals surface area contributed by atoms with Crippen molar-refractivity contribution in [2.75, 3.05) is 39.2 Å². The fourth-order valence-electron chi connectivity index (χ4n) is 2.15. The first-order valence-electron chi connectivity index (χ1n) is 8.13. The number of nitrogens with one attached hydrogen (secondary N) is 2. The second kappa shape index (κ2) is 10.1. The number of carbonyl (C=O) groups excluding carboxylic acids is 1. The van der Waals surface area contributed by atoms with Crippen LogP contribution in [0.2, 0.25) is 0 Å². The first-order valence-corrected chi connectivity index (χ1v) is 8.13. The highest BCUT2D eigenvalue weighted by Gasteiger charge is 2.01. The summed E-state index contributed by atoms with van der Waals surface area (Å²) in [5.41, 5.74) is 0.955. The molecule has 0 atom stereocenters. The van der Waals surface area contributed by atoms with Gasteiger partial charge < -0.3 is 24.8 Å². The van der Waals surface area contributed by atoms with Crippen LogP contribution in [0.3, 0.4) is 0 Å². The first kappa shape index (κ1) is 18.4. The van der Waals surface area contributed by atoms with E-state index in [0.29, 0.717) is 26.1 Å². The lowest BCUT2D eigenvalue weighted by Crippen LogP contribution is -2.29. The summed E-state index contributed by atoms with van der Waals surface area (Å²) < 4.78 is 15.7. The third-order valence-corrected chi connectivity index (χ3v) is 3.52. The Kier molecular flexibility index (Phi) is 7.43. The minimum Gasteiger partial charge on any atom is -0.497 e. The zero-order valence-electron chi connectivity index (χ0n) is 14.6. The molecule has 0 fully saturated rings. The number of methoxy groups -OCH3 is 2. The molecule has 1 amide bonds. The lowest BCUT2D eigenvalue weighted by Gasteiger charge is -2.09. The highest BCUT2D eigenvalue weighted by molar-refractivity contribution is 5.76. The first-order chi connectivity index (χ1) is 12.2. The SMILES string of the molecule is COc1ccc(NCCC(=O)NCCOc2ccc(OC)cc2)cc1. The van der Waals surface area contributed by atoms with Gasteiger partial charge in [-0.3, -0.25) is 4.79 Å². The Morgan fingerprint density at radius 1 is 0.840 bits per heavy atom. The molecule has 0 radical (unpaired) electrons. The van der Waals surface area contributed by atoms with Crippen molar-refractivity contribution in [2.24, 2.45) is 0 Å². The van der Waals surface area contributed by atoms with Gasteiger partial charge in [0.25, 0.3) is 0 Å². The molecule has 134 valence electrons. The highest BCUT2D eigenvalue weighted by Crippen LogP contribution is 2.16. The van der Waals surface area contributed by atoms with Gasteiger partial charge in [0.05, 0.1) is 20.8 Å². The summed E-state index contributed by atoms with van der Waals surface area (Å²) in [5, 5.41) is 6.03. The van der Waals surface area contributed by atoms with E-state index in [1.54, 1.807) is 14.2 Å². The van der Waals surface area contributed by atoms with Gasteiger partial charge in [-0.25, -0.2) is 0 Å². The zero-order chi connectivity index (χ0) is 17.9. The molecule has 2 aromatic rings. The van der Waals surface area contributed by atoms with E-state index >= 15 is 0 Å². The van der Waals surface area contributed by atoms with E-state index in [0.717, 1.165) is 22.9 Å². The quantitative estimate of drug-likeness (QED) is 0.649. The van der Waals surface area contributed by atoms with Crippen LogP contribution in [-0.2, 0) is 4.79 Å². The summed E-state index contributed by atoms with van der Waals surface area (Å²) in [6.45, 7) is 1.45. The number of amides is 1. The van der Waals surface area contributed by atoms with Gasteiger partial charge >= 0.3 is 0 Å². The van der Waals surface area contributed by atoms with Crippen LogP contribution in [0.4, 0.5) is 5.69 Å². The molecule has 0 bridgehead atoms. The van der Waals surface area contributed by atoms with Gasteiger partial charge in [-0.05, 0) is 48.5 Å². The topological polar surface area (TPSA) is 68.8 Å². The van der Waals surface area contributed by atoms with Crippen molar-refractivity contribution >= 4 is 11.6 Å². The Balaban J connectivity index is 1.57. The predicted molar refractivity (Wildman–Crippen MR) is 97.6 cm³/mol. The average Bonchev–Trinajstić information content (AvgIpc) is 2.66. The molecule has 25 heavy (non-hydrogen) atoms.